The van der Waals surface area contributed by atoms with Crippen LogP contribution in [0.5, 0.6) is 11.5 Å². The summed E-state index contributed by atoms with van der Waals surface area (Å²) in [5, 5.41) is 5.94. The molecule has 0 atom stereocenters. The van der Waals surface area contributed by atoms with E-state index in [0.717, 1.165) is 5.56 Å². The quantitative estimate of drug-likeness (QED) is 0.904. The van der Waals surface area contributed by atoms with Crippen LogP contribution in [-0.2, 0) is 0 Å². The molecular formula is C16H13ClN2O3. The molecule has 0 radical (unpaired) electrons. The highest BCUT2D eigenvalue weighted by atomic mass is 35.5. The lowest BCUT2D eigenvalue weighted by molar-refractivity contribution is 0.174. The summed E-state index contributed by atoms with van der Waals surface area (Å²) in [6.45, 7) is 0.200. The summed E-state index contributed by atoms with van der Waals surface area (Å²) in [5.74, 6) is 1.29. The third kappa shape index (κ3) is 3.32. The van der Waals surface area contributed by atoms with Crippen molar-refractivity contribution in [3.8, 4) is 11.5 Å². The number of amides is 2. The minimum Gasteiger partial charge on any atom is -0.454 e. The Labute approximate surface area is 132 Å². The van der Waals surface area contributed by atoms with Gasteiger partial charge in [0.05, 0.1) is 0 Å². The molecule has 2 amide bonds. The van der Waals surface area contributed by atoms with Crippen LogP contribution in [0.15, 0.2) is 48.7 Å². The Morgan fingerprint density at radius 3 is 2.82 bits per heavy atom. The molecule has 2 aromatic rings. The predicted octanol–water partition coefficient (Wildman–Crippen LogP) is 3.86. The number of anilines is 1. The second-order valence-corrected chi connectivity index (χ2v) is 4.93. The van der Waals surface area contributed by atoms with Crippen molar-refractivity contribution < 1.29 is 14.3 Å². The van der Waals surface area contributed by atoms with Crippen LogP contribution in [0.1, 0.15) is 5.56 Å². The fourth-order valence-electron chi connectivity index (χ4n) is 1.96. The first-order chi connectivity index (χ1) is 10.7. The van der Waals surface area contributed by atoms with Gasteiger partial charge in [-0.25, -0.2) is 4.79 Å². The van der Waals surface area contributed by atoms with Crippen LogP contribution in [0.25, 0.3) is 6.08 Å². The van der Waals surface area contributed by atoms with Crippen LogP contribution in [0.3, 0.4) is 0 Å². The smallest absolute Gasteiger partial charge is 0.323 e. The lowest BCUT2D eigenvalue weighted by Crippen LogP contribution is -2.23. The van der Waals surface area contributed by atoms with Gasteiger partial charge in [-0.2, -0.15) is 0 Å². The second kappa shape index (κ2) is 6.41. The molecule has 6 heteroatoms. The van der Waals surface area contributed by atoms with Gasteiger partial charge in [0, 0.05) is 23.0 Å². The summed E-state index contributed by atoms with van der Waals surface area (Å²) in [6, 6.07) is 12.2. The summed E-state index contributed by atoms with van der Waals surface area (Å²) in [6.07, 6.45) is 3.26. The van der Waals surface area contributed by atoms with Crippen LogP contribution in [0.2, 0.25) is 5.02 Å². The molecule has 2 N–H and O–H groups in total. The lowest BCUT2D eigenvalue weighted by atomic mass is 10.2. The summed E-state index contributed by atoms with van der Waals surface area (Å²) >= 11 is 6.02. The van der Waals surface area contributed by atoms with Gasteiger partial charge < -0.3 is 20.1 Å². The van der Waals surface area contributed by atoms with Gasteiger partial charge in [-0.05, 0) is 29.8 Å². The van der Waals surface area contributed by atoms with E-state index in [1.807, 2.05) is 18.2 Å². The molecule has 0 saturated carbocycles. The van der Waals surface area contributed by atoms with Crippen molar-refractivity contribution in [2.75, 3.05) is 12.1 Å². The molecule has 0 aliphatic carbocycles. The molecule has 112 valence electrons. The first kappa shape index (κ1) is 14.3. The van der Waals surface area contributed by atoms with Gasteiger partial charge in [0.2, 0.25) is 6.79 Å². The summed E-state index contributed by atoms with van der Waals surface area (Å²) in [5.41, 5.74) is 1.44. The Kier molecular flexibility index (Phi) is 4.16. The Morgan fingerprint density at radius 2 is 1.95 bits per heavy atom. The summed E-state index contributed by atoms with van der Waals surface area (Å²) in [4.78, 5) is 11.8. The highest BCUT2D eigenvalue weighted by Gasteiger charge is 2.13. The zero-order chi connectivity index (χ0) is 15.4. The molecule has 2 aromatic carbocycles. The highest BCUT2D eigenvalue weighted by Crippen LogP contribution is 2.34. The molecule has 0 aromatic heterocycles. The number of carbonyl (C=O) groups excluding carboxylic acids is 1. The number of carbonyl (C=O) groups is 1. The van der Waals surface area contributed by atoms with E-state index in [0.29, 0.717) is 22.2 Å². The molecule has 0 fully saturated rings. The normalized spacial score (nSPS) is 12.4. The molecule has 0 bridgehead atoms. The van der Waals surface area contributed by atoms with E-state index in [4.69, 9.17) is 21.1 Å². The van der Waals surface area contributed by atoms with Gasteiger partial charge in [0.25, 0.3) is 0 Å². The monoisotopic (exact) mass is 316 g/mol. The van der Waals surface area contributed by atoms with Crippen molar-refractivity contribution >= 4 is 29.4 Å². The van der Waals surface area contributed by atoms with Gasteiger partial charge >= 0.3 is 6.03 Å². The number of fused-ring (bicyclic) bond motifs is 1. The molecule has 0 spiro atoms. The molecule has 3 rings (SSSR count). The molecule has 0 saturated heterocycles. The van der Waals surface area contributed by atoms with Crippen LogP contribution >= 0.6 is 11.6 Å². The second-order valence-electron chi connectivity index (χ2n) is 4.52. The summed E-state index contributed by atoms with van der Waals surface area (Å²) in [7, 11) is 0. The zero-order valence-electron chi connectivity index (χ0n) is 11.5. The fourth-order valence-corrected chi connectivity index (χ4v) is 2.16. The van der Waals surface area contributed by atoms with E-state index in [2.05, 4.69) is 10.6 Å². The van der Waals surface area contributed by atoms with Gasteiger partial charge in [-0.15, -0.1) is 0 Å². The van der Waals surface area contributed by atoms with Crippen LogP contribution in [0, 0.1) is 0 Å². The van der Waals surface area contributed by atoms with Crippen LogP contribution in [0.4, 0.5) is 10.5 Å². The van der Waals surface area contributed by atoms with Gasteiger partial charge in [-0.3, -0.25) is 0 Å². The van der Waals surface area contributed by atoms with Crippen molar-refractivity contribution in [1.82, 2.24) is 5.32 Å². The molecule has 1 aliphatic heterocycles. The number of nitrogens with one attached hydrogen (secondary N) is 2. The van der Waals surface area contributed by atoms with Crippen molar-refractivity contribution in [2.45, 2.75) is 0 Å². The van der Waals surface area contributed by atoms with Gasteiger partial charge in [0.1, 0.15) is 0 Å². The average Bonchev–Trinajstić information content (AvgIpc) is 2.97. The van der Waals surface area contributed by atoms with Gasteiger partial charge in [-0.1, -0.05) is 29.8 Å². The van der Waals surface area contributed by atoms with Crippen LogP contribution < -0.4 is 20.1 Å². The number of benzene rings is 2. The maximum Gasteiger partial charge on any atom is 0.323 e. The maximum absolute atomic E-state index is 11.8. The van der Waals surface area contributed by atoms with E-state index in [1.54, 1.807) is 30.3 Å². The number of hydrogen-bond donors (Lipinski definition) is 2. The van der Waals surface area contributed by atoms with Crippen molar-refractivity contribution in [2.24, 2.45) is 0 Å². The Morgan fingerprint density at radius 1 is 1.14 bits per heavy atom. The standard InChI is InChI=1S/C16H13ClN2O3/c17-13-4-2-1-3-11(13)7-8-18-16(20)19-12-5-6-14-15(9-12)22-10-21-14/h1-9H,10H2,(H2,18,19,20)/b8-7+. The molecule has 1 aliphatic rings. The van der Waals surface area contributed by atoms with Crippen molar-refractivity contribution in [3.63, 3.8) is 0 Å². The molecule has 1 heterocycles. The first-order valence-corrected chi connectivity index (χ1v) is 6.98. The minimum absolute atomic E-state index is 0.200. The molecular weight excluding hydrogens is 304 g/mol. The molecule has 0 unspecified atom stereocenters. The first-order valence-electron chi connectivity index (χ1n) is 6.60. The summed E-state index contributed by atoms with van der Waals surface area (Å²) < 4.78 is 10.5. The lowest BCUT2D eigenvalue weighted by Gasteiger charge is -2.05. The van der Waals surface area contributed by atoms with Gasteiger partial charge in [0.15, 0.2) is 11.5 Å². The Hall–Kier alpha value is -2.66. The third-order valence-corrected chi connectivity index (χ3v) is 3.36. The zero-order valence-corrected chi connectivity index (χ0v) is 12.3. The largest absolute Gasteiger partial charge is 0.454 e. The average molecular weight is 317 g/mol. The molecule has 22 heavy (non-hydrogen) atoms. The number of ether oxygens (including phenoxy) is 2. The maximum atomic E-state index is 11.8. The number of halogens is 1. The fraction of sp³-hybridized carbons (Fsp3) is 0.0625. The minimum atomic E-state index is -0.359. The molecule has 5 nitrogen and oxygen atoms in total. The topological polar surface area (TPSA) is 59.6 Å². The van der Waals surface area contributed by atoms with E-state index >= 15 is 0 Å². The van der Waals surface area contributed by atoms with Crippen molar-refractivity contribution in [1.29, 1.82) is 0 Å². The van der Waals surface area contributed by atoms with E-state index in [-0.39, 0.29) is 12.8 Å². The SMILES string of the molecule is O=C(N/C=C/c1ccccc1Cl)Nc1ccc2c(c1)OCO2. The van der Waals surface area contributed by atoms with Crippen molar-refractivity contribution in [3.05, 3.63) is 59.3 Å². The van der Waals surface area contributed by atoms with E-state index < -0.39 is 0 Å². The Balaban J connectivity index is 1.58. The number of hydrogen-bond acceptors (Lipinski definition) is 3. The van der Waals surface area contributed by atoms with E-state index in [9.17, 15) is 4.79 Å². The number of urea groups is 1. The predicted molar refractivity (Wildman–Crippen MR) is 85.2 cm³/mol. The number of rotatable bonds is 3. The van der Waals surface area contributed by atoms with Crippen LogP contribution in [-0.4, -0.2) is 12.8 Å². The Bertz CT molecular complexity index is 731. The van der Waals surface area contributed by atoms with E-state index in [1.165, 1.54) is 6.20 Å². The third-order valence-electron chi connectivity index (χ3n) is 3.01. The highest BCUT2D eigenvalue weighted by molar-refractivity contribution is 6.32.